The van der Waals surface area contributed by atoms with Gasteiger partial charge in [-0.3, -0.25) is 0 Å². The van der Waals surface area contributed by atoms with E-state index in [1.54, 1.807) is 18.2 Å². The van der Waals surface area contributed by atoms with Gasteiger partial charge < -0.3 is 0 Å². The van der Waals surface area contributed by atoms with E-state index in [9.17, 15) is 30.4 Å². The standard InChI is InChI=1S/C18H7F5IO3S/c19-13-14(20)16(22)18(17(23)15(13)21)28(25,26)27-24-11-7-3-6-10-8-4-1-2-5-9(8)12(10)11/h1-7H/q+1. The minimum Gasteiger partial charge on any atom is -0.202 e. The van der Waals surface area contributed by atoms with Gasteiger partial charge in [-0.25, -0.2) is 22.0 Å². The molecular weight excluding hydrogens is 518 g/mol. The average molecular weight is 525 g/mol. The summed E-state index contributed by atoms with van der Waals surface area (Å²) >= 11 is -1.82. The van der Waals surface area contributed by atoms with Crippen LogP contribution < -0.4 is 21.6 Å². The largest absolute Gasteiger partial charge is 0.541 e. The van der Waals surface area contributed by atoms with Crippen molar-refractivity contribution in [2.24, 2.45) is 0 Å². The predicted octanol–water partition coefficient (Wildman–Crippen LogP) is 1.61. The number of fused-ring (bicyclic) bond motifs is 4. The molecule has 0 spiro atoms. The molecule has 0 aromatic heterocycles. The zero-order chi connectivity index (χ0) is 20.2. The van der Waals surface area contributed by atoms with Crippen LogP contribution in [0, 0.1) is 32.7 Å². The highest BCUT2D eigenvalue weighted by atomic mass is 127. The second kappa shape index (κ2) is 6.78. The summed E-state index contributed by atoms with van der Waals surface area (Å²) in [7, 11) is -5.21. The Morgan fingerprint density at radius 3 is 1.86 bits per heavy atom. The van der Waals surface area contributed by atoms with Crippen LogP contribution in [-0.4, -0.2) is 8.42 Å². The molecule has 0 saturated carbocycles. The van der Waals surface area contributed by atoms with Gasteiger partial charge in [0.25, 0.3) is 0 Å². The van der Waals surface area contributed by atoms with E-state index in [4.69, 9.17) is 2.51 Å². The summed E-state index contributed by atoms with van der Waals surface area (Å²) in [5.41, 5.74) is 3.44. The lowest BCUT2D eigenvalue weighted by atomic mass is 9.81. The quantitative estimate of drug-likeness (QED) is 0.176. The highest BCUT2D eigenvalue weighted by molar-refractivity contribution is 7.86. The van der Waals surface area contributed by atoms with E-state index in [1.807, 2.05) is 24.3 Å². The Balaban J connectivity index is 1.69. The topological polar surface area (TPSA) is 43.4 Å². The first-order chi connectivity index (χ1) is 13.2. The molecule has 10 heteroatoms. The SMILES string of the molecule is O=S(=O)(O[I+]c1cccc2c1-c1ccccc1-2)c1c(F)c(F)c(F)c(F)c1F. The fourth-order valence-corrected chi connectivity index (χ4v) is 6.69. The Labute approximate surface area is 166 Å². The van der Waals surface area contributed by atoms with Gasteiger partial charge in [0.05, 0.1) is 0 Å². The maximum atomic E-state index is 13.8. The number of benzene rings is 3. The molecule has 0 unspecified atom stereocenters. The monoisotopic (exact) mass is 525 g/mol. The summed E-state index contributed by atoms with van der Waals surface area (Å²) in [4.78, 5) is -1.99. The van der Waals surface area contributed by atoms with Crippen molar-refractivity contribution in [3.63, 3.8) is 0 Å². The lowest BCUT2D eigenvalue weighted by molar-refractivity contribution is -0.836. The first kappa shape index (κ1) is 19.3. The number of hydrogen-bond donors (Lipinski definition) is 0. The van der Waals surface area contributed by atoms with Crippen molar-refractivity contribution < 1.29 is 54.5 Å². The first-order valence-corrected chi connectivity index (χ1v) is 10.9. The molecule has 0 aliphatic heterocycles. The smallest absolute Gasteiger partial charge is 0.202 e. The molecule has 3 nitrogen and oxygen atoms in total. The van der Waals surface area contributed by atoms with Gasteiger partial charge in [0.1, 0.15) is 0 Å². The normalized spacial score (nSPS) is 12.3. The Kier molecular flexibility index (Phi) is 4.67. The van der Waals surface area contributed by atoms with Gasteiger partial charge in [-0.15, -0.1) is 0 Å². The second-order valence-corrected chi connectivity index (χ2v) is 9.83. The first-order valence-electron chi connectivity index (χ1n) is 7.56. The third kappa shape index (κ3) is 2.81. The summed E-state index contributed by atoms with van der Waals surface area (Å²) in [6, 6.07) is 12.4. The molecular formula is C18H7F5IO3S+. The van der Waals surface area contributed by atoms with Crippen molar-refractivity contribution in [3.05, 3.63) is 75.1 Å². The van der Waals surface area contributed by atoms with Crippen LogP contribution in [0.1, 0.15) is 0 Å². The molecule has 0 fully saturated rings. The van der Waals surface area contributed by atoms with Crippen LogP contribution in [0.25, 0.3) is 22.3 Å². The highest BCUT2D eigenvalue weighted by Crippen LogP contribution is 2.46. The van der Waals surface area contributed by atoms with E-state index >= 15 is 0 Å². The molecule has 0 N–H and O–H groups in total. The molecule has 0 amide bonds. The number of rotatable bonds is 4. The van der Waals surface area contributed by atoms with Crippen LogP contribution in [0.2, 0.25) is 0 Å². The van der Waals surface area contributed by atoms with Crippen LogP contribution in [0.5, 0.6) is 0 Å². The molecule has 0 heterocycles. The van der Waals surface area contributed by atoms with Crippen molar-refractivity contribution in [2.75, 3.05) is 0 Å². The van der Waals surface area contributed by atoms with Crippen molar-refractivity contribution >= 4 is 10.1 Å². The van der Waals surface area contributed by atoms with Gasteiger partial charge in [0.15, 0.2) is 28.2 Å². The van der Waals surface area contributed by atoms with E-state index in [2.05, 4.69) is 0 Å². The lowest BCUT2D eigenvalue weighted by Gasteiger charge is -2.22. The van der Waals surface area contributed by atoms with E-state index < -0.39 is 65.7 Å². The minimum absolute atomic E-state index is 0.502. The highest BCUT2D eigenvalue weighted by Gasteiger charge is 2.40. The summed E-state index contributed by atoms with van der Waals surface area (Å²) in [5, 5.41) is 0. The summed E-state index contributed by atoms with van der Waals surface area (Å²) in [5.74, 6) is -12.0. The van der Waals surface area contributed by atoms with Gasteiger partial charge in [-0.05, 0) is 25.3 Å². The van der Waals surface area contributed by atoms with Crippen molar-refractivity contribution in [1.82, 2.24) is 0 Å². The molecule has 0 radical (unpaired) electrons. The molecule has 1 aliphatic carbocycles. The molecule has 4 rings (SSSR count). The maximum Gasteiger partial charge on any atom is 0.541 e. The third-order valence-corrected chi connectivity index (χ3v) is 8.54. The van der Waals surface area contributed by atoms with Crippen LogP contribution in [-0.2, 0) is 12.6 Å². The number of halogens is 6. The van der Waals surface area contributed by atoms with Gasteiger partial charge in [0, 0.05) is 5.56 Å². The van der Waals surface area contributed by atoms with E-state index in [-0.39, 0.29) is 0 Å². The number of hydrogen-bond acceptors (Lipinski definition) is 3. The van der Waals surface area contributed by atoms with Crippen LogP contribution in [0.4, 0.5) is 22.0 Å². The zero-order valence-electron chi connectivity index (χ0n) is 13.4. The van der Waals surface area contributed by atoms with Crippen LogP contribution in [0.3, 0.4) is 0 Å². The lowest BCUT2D eigenvalue weighted by Crippen LogP contribution is -3.62. The fourth-order valence-electron chi connectivity index (χ4n) is 2.87. The Hall–Kier alpha value is -2.05. The van der Waals surface area contributed by atoms with Gasteiger partial charge >= 0.3 is 31.7 Å². The van der Waals surface area contributed by atoms with Crippen LogP contribution in [0.15, 0.2) is 47.4 Å². The Morgan fingerprint density at radius 1 is 0.679 bits per heavy atom. The van der Waals surface area contributed by atoms with Crippen molar-refractivity contribution in [3.8, 4) is 22.3 Å². The Morgan fingerprint density at radius 2 is 1.21 bits per heavy atom. The van der Waals surface area contributed by atoms with E-state index in [1.165, 1.54) is 0 Å². The summed E-state index contributed by atoms with van der Waals surface area (Å²) in [6.45, 7) is 0. The second-order valence-electron chi connectivity index (χ2n) is 5.70. The molecule has 0 saturated heterocycles. The van der Waals surface area contributed by atoms with Gasteiger partial charge in [-0.1, -0.05) is 36.4 Å². The molecule has 0 atom stereocenters. The predicted molar refractivity (Wildman–Crippen MR) is 84.1 cm³/mol. The average Bonchev–Trinajstić information content (AvgIpc) is 2.67. The maximum absolute atomic E-state index is 13.8. The Bertz CT molecular complexity index is 1220. The fraction of sp³-hybridized carbons (Fsp3) is 0. The summed E-state index contributed by atoms with van der Waals surface area (Å²) in [6.07, 6.45) is 0. The van der Waals surface area contributed by atoms with E-state index in [0.717, 1.165) is 22.3 Å². The zero-order valence-corrected chi connectivity index (χ0v) is 16.4. The third-order valence-electron chi connectivity index (χ3n) is 4.12. The summed E-state index contributed by atoms with van der Waals surface area (Å²) < 4.78 is 97.0. The van der Waals surface area contributed by atoms with Crippen molar-refractivity contribution in [2.45, 2.75) is 4.90 Å². The molecule has 1 aliphatic rings. The molecule has 3 aromatic carbocycles. The van der Waals surface area contributed by atoms with Gasteiger partial charge in [-0.2, -0.15) is 8.42 Å². The molecule has 28 heavy (non-hydrogen) atoms. The van der Waals surface area contributed by atoms with E-state index in [0.29, 0.717) is 3.57 Å². The van der Waals surface area contributed by atoms with Gasteiger partial charge in [0.2, 0.25) is 9.39 Å². The minimum atomic E-state index is -5.21. The van der Waals surface area contributed by atoms with Crippen molar-refractivity contribution in [1.29, 1.82) is 0 Å². The molecule has 3 aromatic rings. The molecule has 0 bridgehead atoms. The van der Waals surface area contributed by atoms with Crippen LogP contribution >= 0.6 is 0 Å². The molecule has 144 valence electrons.